The van der Waals surface area contributed by atoms with Crippen LogP contribution in [0.4, 0.5) is 13.2 Å². The second kappa shape index (κ2) is 5.57. The molecule has 1 N–H and O–H groups in total. The number of carbonyl (C=O) groups excluding carboxylic acids is 1. The van der Waals surface area contributed by atoms with Crippen molar-refractivity contribution in [2.45, 2.75) is 24.9 Å². The first-order chi connectivity index (χ1) is 10.4. The second-order valence-corrected chi connectivity index (χ2v) is 6.20. The smallest absolute Gasteiger partial charge is 0.332 e. The quantitative estimate of drug-likeness (QED) is 0.910. The van der Waals surface area contributed by atoms with Crippen molar-refractivity contribution in [2.24, 2.45) is 5.41 Å². The normalized spacial score (nSPS) is 29.3. The van der Waals surface area contributed by atoms with Gasteiger partial charge in [0.15, 0.2) is 0 Å². The lowest BCUT2D eigenvalue weighted by molar-refractivity contribution is -0.161. The van der Waals surface area contributed by atoms with E-state index < -0.39 is 18.1 Å². The van der Waals surface area contributed by atoms with Crippen LogP contribution in [0.3, 0.4) is 0 Å². The van der Waals surface area contributed by atoms with Gasteiger partial charge in [-0.3, -0.25) is 4.79 Å². The van der Waals surface area contributed by atoms with Gasteiger partial charge in [-0.05, 0) is 24.9 Å². The molecule has 2 fully saturated rings. The van der Waals surface area contributed by atoms with Crippen molar-refractivity contribution in [2.75, 3.05) is 26.2 Å². The van der Waals surface area contributed by atoms with Crippen molar-refractivity contribution in [3.8, 4) is 0 Å². The second-order valence-electron chi connectivity index (χ2n) is 6.20. The van der Waals surface area contributed by atoms with Crippen molar-refractivity contribution in [3.63, 3.8) is 0 Å². The Kier molecular flexibility index (Phi) is 3.89. The summed E-state index contributed by atoms with van der Waals surface area (Å²) < 4.78 is 38.3. The molecule has 2 saturated heterocycles. The van der Waals surface area contributed by atoms with Gasteiger partial charge in [0, 0.05) is 19.0 Å². The molecule has 3 rings (SSSR count). The Labute approximate surface area is 127 Å². The monoisotopic (exact) mass is 312 g/mol. The van der Waals surface area contributed by atoms with Crippen LogP contribution in [-0.4, -0.2) is 43.2 Å². The Morgan fingerprint density at radius 2 is 2.00 bits per heavy atom. The summed E-state index contributed by atoms with van der Waals surface area (Å²) in [6.45, 7) is 0.260. The molecule has 1 spiro atoms. The lowest BCUT2D eigenvalue weighted by atomic mass is 9.69. The van der Waals surface area contributed by atoms with Gasteiger partial charge in [-0.2, -0.15) is 13.2 Å². The van der Waals surface area contributed by atoms with Crippen LogP contribution in [0, 0.1) is 5.41 Å². The number of halogens is 3. The molecule has 2 unspecified atom stereocenters. The first kappa shape index (κ1) is 15.3. The lowest BCUT2D eigenvalue weighted by Gasteiger charge is -2.37. The maximum Gasteiger partial charge on any atom is 0.406 e. The maximum atomic E-state index is 12.8. The summed E-state index contributed by atoms with van der Waals surface area (Å²) in [5.74, 6) is -0.540. The molecule has 2 aliphatic rings. The van der Waals surface area contributed by atoms with Crippen molar-refractivity contribution in [1.29, 1.82) is 0 Å². The number of likely N-dealkylation sites (tertiary alicyclic amines) is 1. The van der Waals surface area contributed by atoms with E-state index in [1.165, 1.54) is 0 Å². The number of rotatable bonds is 2. The standard InChI is InChI=1S/C16H19F3N2O/c17-16(18,19)11-21-9-13(12-5-2-1-3-6-12)15(14(21)22)7-4-8-20-10-15/h1-3,5-6,13,20H,4,7-11H2. The summed E-state index contributed by atoms with van der Waals surface area (Å²) in [5.41, 5.74) is 0.217. The van der Waals surface area contributed by atoms with Crippen molar-refractivity contribution >= 4 is 5.91 Å². The molecule has 1 amide bonds. The molecule has 0 bridgehead atoms. The summed E-state index contributed by atoms with van der Waals surface area (Å²) in [4.78, 5) is 13.7. The Hall–Kier alpha value is -1.56. The van der Waals surface area contributed by atoms with Crippen LogP contribution in [0.2, 0.25) is 0 Å². The van der Waals surface area contributed by atoms with Crippen molar-refractivity contribution in [1.82, 2.24) is 10.2 Å². The molecule has 22 heavy (non-hydrogen) atoms. The van der Waals surface area contributed by atoms with E-state index in [-0.39, 0.29) is 18.4 Å². The number of hydrogen-bond donors (Lipinski definition) is 1. The Bertz CT molecular complexity index is 538. The first-order valence-electron chi connectivity index (χ1n) is 7.54. The number of piperidine rings is 1. The van der Waals surface area contributed by atoms with Crippen LogP contribution in [0.25, 0.3) is 0 Å². The summed E-state index contributed by atoms with van der Waals surface area (Å²) >= 11 is 0. The van der Waals surface area contributed by atoms with Crippen molar-refractivity contribution in [3.05, 3.63) is 35.9 Å². The van der Waals surface area contributed by atoms with E-state index in [0.29, 0.717) is 13.0 Å². The zero-order valence-electron chi connectivity index (χ0n) is 12.2. The van der Waals surface area contributed by atoms with E-state index in [4.69, 9.17) is 0 Å². The zero-order valence-corrected chi connectivity index (χ0v) is 12.2. The minimum Gasteiger partial charge on any atom is -0.332 e. The lowest BCUT2D eigenvalue weighted by Crippen LogP contribution is -2.48. The van der Waals surface area contributed by atoms with E-state index in [1.54, 1.807) is 0 Å². The molecule has 0 aliphatic carbocycles. The molecule has 0 saturated carbocycles. The summed E-state index contributed by atoms with van der Waals surface area (Å²) in [6.07, 6.45) is -2.90. The largest absolute Gasteiger partial charge is 0.406 e. The van der Waals surface area contributed by atoms with E-state index in [0.717, 1.165) is 23.4 Å². The average Bonchev–Trinajstić information content (AvgIpc) is 2.73. The van der Waals surface area contributed by atoms with Crippen LogP contribution in [0.15, 0.2) is 30.3 Å². The molecule has 2 heterocycles. The van der Waals surface area contributed by atoms with E-state index in [2.05, 4.69) is 5.32 Å². The Balaban J connectivity index is 1.94. The molecule has 2 aliphatic heterocycles. The Morgan fingerprint density at radius 1 is 1.27 bits per heavy atom. The molecule has 3 nitrogen and oxygen atoms in total. The third-order valence-electron chi connectivity index (χ3n) is 4.77. The molecular weight excluding hydrogens is 293 g/mol. The number of benzene rings is 1. The summed E-state index contributed by atoms with van der Waals surface area (Å²) in [6, 6.07) is 9.43. The number of alkyl halides is 3. The summed E-state index contributed by atoms with van der Waals surface area (Å²) in [5, 5.41) is 3.20. The molecule has 2 atom stereocenters. The van der Waals surface area contributed by atoms with Crippen LogP contribution in [-0.2, 0) is 4.79 Å². The van der Waals surface area contributed by atoms with Crippen LogP contribution < -0.4 is 5.32 Å². The Morgan fingerprint density at radius 3 is 2.59 bits per heavy atom. The van der Waals surface area contributed by atoms with Gasteiger partial charge in [0.25, 0.3) is 0 Å². The maximum absolute atomic E-state index is 12.8. The molecule has 1 aromatic carbocycles. The highest BCUT2D eigenvalue weighted by molar-refractivity contribution is 5.87. The first-order valence-corrected chi connectivity index (χ1v) is 7.54. The van der Waals surface area contributed by atoms with E-state index in [9.17, 15) is 18.0 Å². The molecule has 6 heteroatoms. The predicted octanol–water partition coefficient (Wildman–Crippen LogP) is 2.54. The fraction of sp³-hybridized carbons (Fsp3) is 0.562. The van der Waals surface area contributed by atoms with Gasteiger partial charge >= 0.3 is 6.18 Å². The van der Waals surface area contributed by atoms with Gasteiger partial charge in [-0.1, -0.05) is 30.3 Å². The van der Waals surface area contributed by atoms with Crippen LogP contribution in [0.1, 0.15) is 24.3 Å². The fourth-order valence-electron chi connectivity index (χ4n) is 3.81. The highest BCUT2D eigenvalue weighted by Crippen LogP contribution is 2.48. The molecule has 120 valence electrons. The molecular formula is C16H19F3N2O. The number of amides is 1. The minimum atomic E-state index is -4.36. The van der Waals surface area contributed by atoms with Gasteiger partial charge in [-0.15, -0.1) is 0 Å². The third kappa shape index (κ3) is 2.72. The molecule has 0 radical (unpaired) electrons. The third-order valence-corrected chi connectivity index (χ3v) is 4.77. The average molecular weight is 312 g/mol. The van der Waals surface area contributed by atoms with Gasteiger partial charge < -0.3 is 10.2 Å². The summed E-state index contributed by atoms with van der Waals surface area (Å²) in [7, 11) is 0. The topological polar surface area (TPSA) is 32.3 Å². The van der Waals surface area contributed by atoms with Gasteiger partial charge in [0.05, 0.1) is 5.41 Å². The minimum absolute atomic E-state index is 0.143. The van der Waals surface area contributed by atoms with Crippen LogP contribution >= 0.6 is 0 Å². The van der Waals surface area contributed by atoms with Gasteiger partial charge in [0.1, 0.15) is 6.54 Å². The van der Waals surface area contributed by atoms with E-state index in [1.807, 2.05) is 30.3 Å². The van der Waals surface area contributed by atoms with Crippen LogP contribution in [0.5, 0.6) is 0 Å². The van der Waals surface area contributed by atoms with Gasteiger partial charge in [-0.25, -0.2) is 0 Å². The highest BCUT2D eigenvalue weighted by Gasteiger charge is 2.56. The van der Waals surface area contributed by atoms with Crippen molar-refractivity contribution < 1.29 is 18.0 Å². The van der Waals surface area contributed by atoms with Gasteiger partial charge in [0.2, 0.25) is 5.91 Å². The SMILES string of the molecule is O=C1N(CC(F)(F)F)CC(c2ccccc2)C12CCCNC2. The number of hydrogen-bond acceptors (Lipinski definition) is 2. The number of carbonyl (C=O) groups is 1. The number of nitrogens with zero attached hydrogens (tertiary/aromatic N) is 1. The zero-order chi connectivity index (χ0) is 15.8. The molecule has 1 aromatic rings. The van der Waals surface area contributed by atoms with E-state index >= 15 is 0 Å². The highest BCUT2D eigenvalue weighted by atomic mass is 19.4. The molecule has 0 aromatic heterocycles. The number of nitrogens with one attached hydrogen (secondary N) is 1. The fourth-order valence-corrected chi connectivity index (χ4v) is 3.81. The predicted molar refractivity (Wildman–Crippen MR) is 76.4 cm³/mol.